The van der Waals surface area contributed by atoms with Gasteiger partial charge in [-0.05, 0) is 24.1 Å². The molecule has 0 saturated heterocycles. The number of benzene rings is 2. The summed E-state index contributed by atoms with van der Waals surface area (Å²) >= 11 is 0. The number of ether oxygens (including phenoxy) is 1. The van der Waals surface area contributed by atoms with Crippen molar-refractivity contribution in [1.82, 2.24) is 10.3 Å². The molecule has 5 heteroatoms. The molecule has 0 fully saturated rings. The Morgan fingerprint density at radius 1 is 1.17 bits per heavy atom. The Bertz CT molecular complexity index is 796. The van der Waals surface area contributed by atoms with Crippen LogP contribution in [0.2, 0.25) is 0 Å². The lowest BCUT2D eigenvalue weighted by Crippen LogP contribution is -2.49. The second-order valence-electron chi connectivity index (χ2n) is 5.55. The third kappa shape index (κ3) is 2.90. The fourth-order valence-electron chi connectivity index (χ4n) is 2.88. The van der Waals surface area contributed by atoms with Crippen LogP contribution in [0, 0.1) is 0 Å². The van der Waals surface area contributed by atoms with Crippen LogP contribution in [0.1, 0.15) is 24.8 Å². The van der Waals surface area contributed by atoms with E-state index in [1.54, 1.807) is 0 Å². The van der Waals surface area contributed by atoms with Crippen LogP contribution >= 0.6 is 0 Å². The van der Waals surface area contributed by atoms with E-state index < -0.39 is 5.54 Å². The molecule has 0 aliphatic carbocycles. The monoisotopic (exact) mass is 324 g/mol. The number of hydrogen-bond acceptors (Lipinski definition) is 5. The summed E-state index contributed by atoms with van der Waals surface area (Å²) in [5.41, 5.74) is 1.45. The standard InChI is InChI=1S/C19H20N2O3/c1-3-19(18(22)23-2,14-9-5-4-6-10-14)20-13-17-21-15-11-7-8-12-16(15)24-17/h4-12,20H,3,13H2,1-2H3. The van der Waals surface area contributed by atoms with Gasteiger partial charge in [0, 0.05) is 0 Å². The van der Waals surface area contributed by atoms with Crippen molar-refractivity contribution in [2.75, 3.05) is 7.11 Å². The highest BCUT2D eigenvalue weighted by Gasteiger charge is 2.39. The van der Waals surface area contributed by atoms with Gasteiger partial charge in [0.05, 0.1) is 13.7 Å². The molecule has 1 aromatic heterocycles. The largest absolute Gasteiger partial charge is 0.467 e. The zero-order chi connectivity index (χ0) is 17.0. The second kappa shape index (κ2) is 6.84. The van der Waals surface area contributed by atoms with Gasteiger partial charge in [-0.1, -0.05) is 49.4 Å². The number of hydrogen-bond donors (Lipinski definition) is 1. The van der Waals surface area contributed by atoms with Gasteiger partial charge in [-0.3, -0.25) is 5.32 Å². The minimum Gasteiger partial charge on any atom is -0.467 e. The minimum absolute atomic E-state index is 0.326. The first-order chi connectivity index (χ1) is 11.7. The van der Waals surface area contributed by atoms with Gasteiger partial charge < -0.3 is 9.15 Å². The Labute approximate surface area is 140 Å². The van der Waals surface area contributed by atoms with Gasteiger partial charge in [-0.15, -0.1) is 0 Å². The van der Waals surface area contributed by atoms with Crippen molar-refractivity contribution < 1.29 is 13.9 Å². The van der Waals surface area contributed by atoms with E-state index in [2.05, 4.69) is 10.3 Å². The lowest BCUT2D eigenvalue weighted by Gasteiger charge is -2.31. The lowest BCUT2D eigenvalue weighted by atomic mass is 9.87. The number of para-hydroxylation sites is 2. The molecular formula is C19H20N2O3. The summed E-state index contributed by atoms with van der Waals surface area (Å²) < 4.78 is 10.8. The fourth-order valence-corrected chi connectivity index (χ4v) is 2.88. The molecule has 24 heavy (non-hydrogen) atoms. The fraction of sp³-hybridized carbons (Fsp3) is 0.263. The van der Waals surface area contributed by atoms with Crippen LogP contribution in [0.25, 0.3) is 11.1 Å². The Kier molecular flexibility index (Phi) is 4.62. The third-order valence-corrected chi connectivity index (χ3v) is 4.21. The van der Waals surface area contributed by atoms with Gasteiger partial charge in [0.2, 0.25) is 5.89 Å². The molecule has 0 saturated carbocycles. The molecule has 5 nitrogen and oxygen atoms in total. The second-order valence-corrected chi connectivity index (χ2v) is 5.55. The first-order valence-electron chi connectivity index (χ1n) is 7.93. The molecule has 1 N–H and O–H groups in total. The Hall–Kier alpha value is -2.66. The summed E-state index contributed by atoms with van der Waals surface area (Å²) in [5.74, 6) is 0.209. The molecule has 3 rings (SSSR count). The molecule has 1 heterocycles. The Balaban J connectivity index is 1.90. The van der Waals surface area contributed by atoms with E-state index >= 15 is 0 Å². The van der Waals surface area contributed by atoms with Crippen LogP contribution in [0.5, 0.6) is 0 Å². The SMILES string of the molecule is CCC(NCc1nc2ccccc2o1)(C(=O)OC)c1ccccc1. The molecule has 0 aliphatic rings. The van der Waals surface area contributed by atoms with E-state index in [9.17, 15) is 4.79 Å². The van der Waals surface area contributed by atoms with Gasteiger partial charge >= 0.3 is 5.97 Å². The maximum absolute atomic E-state index is 12.5. The molecule has 0 amide bonds. The first-order valence-corrected chi connectivity index (χ1v) is 7.93. The maximum atomic E-state index is 12.5. The Morgan fingerprint density at radius 3 is 2.54 bits per heavy atom. The molecule has 1 unspecified atom stereocenters. The molecule has 0 spiro atoms. The first kappa shape index (κ1) is 16.2. The van der Waals surface area contributed by atoms with Crippen molar-refractivity contribution in [2.24, 2.45) is 0 Å². The van der Waals surface area contributed by atoms with Crippen molar-refractivity contribution in [3.05, 3.63) is 66.1 Å². The average molecular weight is 324 g/mol. The number of rotatable bonds is 6. The summed E-state index contributed by atoms with van der Waals surface area (Å²) in [6, 6.07) is 17.1. The number of nitrogens with zero attached hydrogens (tertiary/aromatic N) is 1. The van der Waals surface area contributed by atoms with Gasteiger partial charge in [-0.2, -0.15) is 0 Å². The van der Waals surface area contributed by atoms with Gasteiger partial charge in [0.15, 0.2) is 5.58 Å². The van der Waals surface area contributed by atoms with E-state index in [0.29, 0.717) is 18.9 Å². The highest BCUT2D eigenvalue weighted by atomic mass is 16.5. The average Bonchev–Trinajstić information content (AvgIpc) is 3.06. The zero-order valence-electron chi connectivity index (χ0n) is 13.8. The number of oxazole rings is 1. The predicted octanol–water partition coefficient (Wildman–Crippen LogP) is 3.40. The smallest absolute Gasteiger partial charge is 0.330 e. The van der Waals surface area contributed by atoms with Crippen molar-refractivity contribution >= 4 is 17.1 Å². The third-order valence-electron chi connectivity index (χ3n) is 4.21. The number of carbonyl (C=O) groups excluding carboxylic acids is 1. The van der Waals surface area contributed by atoms with E-state index in [1.807, 2.05) is 61.5 Å². The van der Waals surface area contributed by atoms with Crippen LogP contribution in [0.3, 0.4) is 0 Å². The van der Waals surface area contributed by atoms with Gasteiger partial charge in [0.25, 0.3) is 0 Å². The number of aromatic nitrogens is 1. The normalized spacial score (nSPS) is 13.6. The summed E-state index contributed by atoms with van der Waals surface area (Å²) in [6.07, 6.45) is 0.546. The number of methoxy groups -OCH3 is 1. The summed E-state index contributed by atoms with van der Waals surface area (Å²) in [4.78, 5) is 17.0. The molecule has 0 bridgehead atoms. The van der Waals surface area contributed by atoms with Crippen LogP contribution in [0.4, 0.5) is 0 Å². The number of carbonyl (C=O) groups is 1. The minimum atomic E-state index is -0.934. The van der Waals surface area contributed by atoms with E-state index in [1.165, 1.54) is 7.11 Å². The van der Waals surface area contributed by atoms with Gasteiger partial charge in [-0.25, -0.2) is 9.78 Å². The van der Waals surface area contributed by atoms with Gasteiger partial charge in [0.1, 0.15) is 11.1 Å². The van der Waals surface area contributed by atoms with Crippen molar-refractivity contribution in [1.29, 1.82) is 0 Å². The molecule has 0 radical (unpaired) electrons. The summed E-state index contributed by atoms with van der Waals surface area (Å²) in [6.45, 7) is 2.27. The summed E-state index contributed by atoms with van der Waals surface area (Å²) in [7, 11) is 1.40. The Morgan fingerprint density at radius 2 is 1.88 bits per heavy atom. The van der Waals surface area contributed by atoms with Crippen LogP contribution in [-0.2, 0) is 21.6 Å². The molecule has 1 atom stereocenters. The van der Waals surface area contributed by atoms with E-state index in [-0.39, 0.29) is 5.97 Å². The molecule has 124 valence electrons. The highest BCUT2D eigenvalue weighted by molar-refractivity contribution is 5.82. The highest BCUT2D eigenvalue weighted by Crippen LogP contribution is 2.27. The van der Waals surface area contributed by atoms with Crippen molar-refractivity contribution in [3.8, 4) is 0 Å². The molecule has 3 aromatic rings. The molecular weight excluding hydrogens is 304 g/mol. The van der Waals surface area contributed by atoms with Crippen molar-refractivity contribution in [2.45, 2.75) is 25.4 Å². The van der Waals surface area contributed by atoms with Crippen molar-refractivity contribution in [3.63, 3.8) is 0 Å². The maximum Gasteiger partial charge on any atom is 0.330 e. The number of fused-ring (bicyclic) bond motifs is 1. The quantitative estimate of drug-likeness (QED) is 0.704. The topological polar surface area (TPSA) is 64.4 Å². The van der Waals surface area contributed by atoms with E-state index in [4.69, 9.17) is 9.15 Å². The van der Waals surface area contributed by atoms with Crippen LogP contribution in [-0.4, -0.2) is 18.1 Å². The number of esters is 1. The van der Waals surface area contributed by atoms with Crippen LogP contribution in [0.15, 0.2) is 59.0 Å². The molecule has 2 aromatic carbocycles. The molecule has 0 aliphatic heterocycles. The zero-order valence-corrected chi connectivity index (χ0v) is 13.8. The lowest BCUT2D eigenvalue weighted by molar-refractivity contribution is -0.149. The van der Waals surface area contributed by atoms with Crippen LogP contribution < -0.4 is 5.32 Å². The predicted molar refractivity (Wildman–Crippen MR) is 91.3 cm³/mol. The number of nitrogens with one attached hydrogen (secondary N) is 1. The summed E-state index contributed by atoms with van der Waals surface area (Å²) in [5, 5.41) is 3.30. The van der Waals surface area contributed by atoms with E-state index in [0.717, 1.165) is 16.7 Å².